The Morgan fingerprint density at radius 1 is 1.42 bits per heavy atom. The molecule has 0 heterocycles. The Morgan fingerprint density at radius 3 is 2.50 bits per heavy atom. The summed E-state index contributed by atoms with van der Waals surface area (Å²) in [5.41, 5.74) is 3.09. The van der Waals surface area contributed by atoms with Gasteiger partial charge in [-0.15, -0.1) is 5.43 Å². The van der Waals surface area contributed by atoms with Crippen LogP contribution in [0.25, 0.3) is 0 Å². The number of nitro groups is 1. The second-order valence-electron chi connectivity index (χ2n) is 2.52. The van der Waals surface area contributed by atoms with E-state index in [0.717, 1.165) is 5.56 Å². The minimum atomic E-state index is -0.530. The second-order valence-corrected chi connectivity index (χ2v) is 2.52. The van der Waals surface area contributed by atoms with Gasteiger partial charge in [-0.1, -0.05) is 30.3 Å². The maximum Gasteiger partial charge on any atom is 0.158 e. The quantitative estimate of drug-likeness (QED) is 0.547. The van der Waals surface area contributed by atoms with Gasteiger partial charge in [0.05, 0.1) is 0 Å². The number of hydrazine groups is 1. The fourth-order valence-electron chi connectivity index (χ4n) is 0.974. The Kier molecular flexibility index (Phi) is 2.63. The van der Waals surface area contributed by atoms with Gasteiger partial charge in [0.25, 0.3) is 0 Å². The molecule has 1 N–H and O–H groups in total. The van der Waals surface area contributed by atoms with Crippen LogP contribution >= 0.6 is 0 Å². The van der Waals surface area contributed by atoms with Crippen molar-refractivity contribution in [1.82, 2.24) is 5.43 Å². The van der Waals surface area contributed by atoms with Crippen LogP contribution in [0.4, 0.5) is 0 Å². The average molecular weight is 166 g/mol. The fourth-order valence-corrected chi connectivity index (χ4v) is 0.974. The highest BCUT2D eigenvalue weighted by molar-refractivity contribution is 5.17. The van der Waals surface area contributed by atoms with Gasteiger partial charge >= 0.3 is 0 Å². The number of nitrogens with one attached hydrogen (secondary N) is 1. The number of hydrogen-bond acceptors (Lipinski definition) is 2. The van der Waals surface area contributed by atoms with Crippen molar-refractivity contribution < 1.29 is 5.03 Å². The molecule has 0 fully saturated rings. The van der Waals surface area contributed by atoms with Crippen LogP contribution < -0.4 is 5.43 Å². The SMILES string of the molecule is CC(N[N+](=O)[O-])c1ccccc1. The summed E-state index contributed by atoms with van der Waals surface area (Å²) in [6.45, 7) is 1.75. The summed E-state index contributed by atoms with van der Waals surface area (Å²) in [5.74, 6) is 0. The lowest BCUT2D eigenvalue weighted by molar-refractivity contribution is -0.551. The molecule has 4 heteroatoms. The van der Waals surface area contributed by atoms with Gasteiger partial charge in [0.1, 0.15) is 6.04 Å². The first kappa shape index (κ1) is 8.52. The van der Waals surface area contributed by atoms with Crippen molar-refractivity contribution in [1.29, 1.82) is 0 Å². The molecule has 12 heavy (non-hydrogen) atoms. The van der Waals surface area contributed by atoms with Gasteiger partial charge in [0, 0.05) is 0 Å². The molecule has 1 aromatic carbocycles. The standard InChI is InChI=1S/C8H10N2O2/c1-7(9-10(11)12)8-5-3-2-4-6-8/h2-7,9H,1H3. The van der Waals surface area contributed by atoms with E-state index in [1.54, 1.807) is 6.92 Å². The highest BCUT2D eigenvalue weighted by Gasteiger charge is 2.07. The molecular weight excluding hydrogens is 156 g/mol. The molecule has 0 amide bonds. The van der Waals surface area contributed by atoms with E-state index in [-0.39, 0.29) is 6.04 Å². The molecule has 0 aromatic heterocycles. The largest absolute Gasteiger partial charge is 0.235 e. The van der Waals surface area contributed by atoms with Crippen LogP contribution in [0, 0.1) is 10.1 Å². The first-order valence-electron chi connectivity index (χ1n) is 3.65. The normalized spacial score (nSPS) is 12.1. The number of nitrogens with zero attached hydrogens (tertiary/aromatic N) is 1. The summed E-state index contributed by atoms with van der Waals surface area (Å²) in [4.78, 5) is 10.1. The Hall–Kier alpha value is -1.58. The first-order valence-corrected chi connectivity index (χ1v) is 3.65. The summed E-state index contributed by atoms with van der Waals surface area (Å²) in [6, 6.07) is 9.03. The molecule has 1 unspecified atom stereocenters. The number of benzene rings is 1. The lowest BCUT2D eigenvalue weighted by Gasteiger charge is -2.06. The third-order valence-electron chi connectivity index (χ3n) is 1.60. The summed E-state index contributed by atoms with van der Waals surface area (Å²) in [5, 5.41) is 9.55. The molecule has 1 rings (SSSR count). The zero-order valence-corrected chi connectivity index (χ0v) is 6.73. The molecule has 0 saturated heterocycles. The molecule has 0 aliphatic rings. The predicted molar refractivity (Wildman–Crippen MR) is 45.0 cm³/mol. The van der Waals surface area contributed by atoms with Crippen LogP contribution in [0.5, 0.6) is 0 Å². The van der Waals surface area contributed by atoms with Crippen LogP contribution in [0.15, 0.2) is 30.3 Å². The summed E-state index contributed by atoms with van der Waals surface area (Å²) >= 11 is 0. The monoisotopic (exact) mass is 166 g/mol. The van der Waals surface area contributed by atoms with Crippen molar-refractivity contribution in [3.05, 3.63) is 46.0 Å². The zero-order chi connectivity index (χ0) is 8.97. The van der Waals surface area contributed by atoms with Gasteiger partial charge in [-0.05, 0) is 12.5 Å². The maximum atomic E-state index is 10.1. The van der Waals surface area contributed by atoms with E-state index >= 15 is 0 Å². The third-order valence-corrected chi connectivity index (χ3v) is 1.60. The van der Waals surface area contributed by atoms with Crippen molar-refractivity contribution in [2.45, 2.75) is 13.0 Å². The Balaban J connectivity index is 2.65. The van der Waals surface area contributed by atoms with Crippen LogP contribution in [-0.4, -0.2) is 5.03 Å². The van der Waals surface area contributed by atoms with Crippen LogP contribution in [-0.2, 0) is 0 Å². The van der Waals surface area contributed by atoms with Crippen LogP contribution in [0.1, 0.15) is 18.5 Å². The fraction of sp³-hybridized carbons (Fsp3) is 0.250. The molecule has 1 aromatic rings. The lowest BCUT2D eigenvalue weighted by Crippen LogP contribution is -2.24. The maximum absolute atomic E-state index is 10.1. The first-order chi connectivity index (χ1) is 5.70. The van der Waals surface area contributed by atoms with Crippen molar-refractivity contribution >= 4 is 0 Å². The molecule has 0 spiro atoms. The predicted octanol–water partition coefficient (Wildman–Crippen LogP) is 1.53. The molecule has 1 atom stereocenters. The van der Waals surface area contributed by atoms with Gasteiger partial charge < -0.3 is 0 Å². The molecule has 0 aliphatic carbocycles. The number of rotatable bonds is 3. The van der Waals surface area contributed by atoms with E-state index in [2.05, 4.69) is 5.43 Å². The average Bonchev–Trinajstić information content (AvgIpc) is 2.05. The van der Waals surface area contributed by atoms with Gasteiger partial charge in [0.15, 0.2) is 5.03 Å². The summed E-state index contributed by atoms with van der Waals surface area (Å²) < 4.78 is 0. The van der Waals surface area contributed by atoms with Gasteiger partial charge in [0.2, 0.25) is 0 Å². The van der Waals surface area contributed by atoms with Gasteiger partial charge in [-0.2, -0.15) is 0 Å². The molecule has 0 aliphatic heterocycles. The van der Waals surface area contributed by atoms with E-state index in [1.165, 1.54) is 0 Å². The van der Waals surface area contributed by atoms with Crippen molar-refractivity contribution in [3.8, 4) is 0 Å². The van der Waals surface area contributed by atoms with Crippen LogP contribution in [0.2, 0.25) is 0 Å². The zero-order valence-electron chi connectivity index (χ0n) is 6.73. The Morgan fingerprint density at radius 2 is 2.00 bits per heavy atom. The van der Waals surface area contributed by atoms with Gasteiger partial charge in [-0.25, -0.2) is 10.1 Å². The molecule has 4 nitrogen and oxygen atoms in total. The van der Waals surface area contributed by atoms with E-state index in [1.807, 2.05) is 30.3 Å². The molecule has 0 saturated carbocycles. The third kappa shape index (κ3) is 2.23. The molecular formula is C8H10N2O2. The van der Waals surface area contributed by atoms with Crippen molar-refractivity contribution in [2.75, 3.05) is 0 Å². The van der Waals surface area contributed by atoms with E-state index in [9.17, 15) is 10.1 Å². The van der Waals surface area contributed by atoms with Crippen molar-refractivity contribution in [2.24, 2.45) is 0 Å². The molecule has 64 valence electrons. The lowest BCUT2D eigenvalue weighted by atomic mass is 10.1. The Labute approximate surface area is 70.3 Å². The molecule has 0 bridgehead atoms. The second kappa shape index (κ2) is 3.71. The van der Waals surface area contributed by atoms with E-state index in [4.69, 9.17) is 0 Å². The highest BCUT2D eigenvalue weighted by atomic mass is 16.7. The molecule has 0 radical (unpaired) electrons. The van der Waals surface area contributed by atoms with Crippen LogP contribution in [0.3, 0.4) is 0 Å². The summed E-state index contributed by atoms with van der Waals surface area (Å²) in [6.07, 6.45) is 0. The highest BCUT2D eigenvalue weighted by Crippen LogP contribution is 2.10. The van der Waals surface area contributed by atoms with E-state index in [0.29, 0.717) is 0 Å². The van der Waals surface area contributed by atoms with E-state index < -0.39 is 5.03 Å². The smallest absolute Gasteiger partial charge is 0.158 e. The minimum Gasteiger partial charge on any atom is -0.235 e. The van der Waals surface area contributed by atoms with Crippen molar-refractivity contribution in [3.63, 3.8) is 0 Å². The summed E-state index contributed by atoms with van der Waals surface area (Å²) in [7, 11) is 0. The Bertz CT molecular complexity index is 261. The van der Waals surface area contributed by atoms with Gasteiger partial charge in [-0.3, -0.25) is 0 Å². The number of hydrogen-bond donors (Lipinski definition) is 1. The minimum absolute atomic E-state index is 0.249. The topological polar surface area (TPSA) is 55.2 Å².